The summed E-state index contributed by atoms with van der Waals surface area (Å²) in [5, 5.41) is 4.11. The summed E-state index contributed by atoms with van der Waals surface area (Å²) >= 11 is 24.6. The first-order chi connectivity index (χ1) is 21.6. The monoisotopic (exact) mass is 689 g/mol. The minimum atomic E-state index is -2.66. The molecule has 1 amide bonds. The largest absolute Gasteiger partial charge is 0.374 e. The molecule has 4 aromatic rings. The molecule has 0 bridgehead atoms. The Kier molecular flexibility index (Phi) is 10.5. The third kappa shape index (κ3) is 7.51. The van der Waals surface area contributed by atoms with Crippen molar-refractivity contribution < 1.29 is 23.4 Å². The van der Waals surface area contributed by atoms with Crippen LogP contribution in [0.25, 0.3) is 0 Å². The van der Waals surface area contributed by atoms with E-state index in [1.165, 1.54) is 18.3 Å². The van der Waals surface area contributed by atoms with Crippen LogP contribution in [0.2, 0.25) is 20.1 Å². The Hall–Kier alpha value is -3.46. The molecule has 8 nitrogen and oxygen atoms in total. The summed E-state index contributed by atoms with van der Waals surface area (Å²) in [6.07, 6.45) is 2.82. The third-order valence-corrected chi connectivity index (χ3v) is 8.16. The molecular weight excluding hydrogens is 667 g/mol. The minimum Gasteiger partial charge on any atom is -0.374 e. The van der Waals surface area contributed by atoms with Crippen molar-refractivity contribution in [1.29, 1.82) is 0 Å². The molecule has 0 saturated carbocycles. The number of carbonyl (C=O) groups is 1. The lowest BCUT2D eigenvalue weighted by Gasteiger charge is -2.27. The fraction of sp³-hybridized carbons (Fsp3) is 0.219. The highest BCUT2D eigenvalue weighted by atomic mass is 35.5. The second-order valence-electron chi connectivity index (χ2n) is 9.98. The first-order valence-corrected chi connectivity index (χ1v) is 14.9. The van der Waals surface area contributed by atoms with E-state index < -0.39 is 35.7 Å². The van der Waals surface area contributed by atoms with Crippen LogP contribution in [0.15, 0.2) is 83.8 Å². The molecule has 4 atom stereocenters. The predicted octanol–water partition coefficient (Wildman–Crippen LogP) is 7.15. The molecule has 1 aliphatic heterocycles. The van der Waals surface area contributed by atoms with E-state index >= 15 is 4.39 Å². The SMILES string of the molecule is C#C[C@@]1(F)C(n2ccc(NC(=O)c3ccccc3)nc2=O)O[C@H](COCc2ccc(Cl)cc2Cl)[C@H]1OCc1ccc(Cl)cc1Cl. The molecule has 1 saturated heterocycles. The number of rotatable bonds is 10. The van der Waals surface area contributed by atoms with Gasteiger partial charge in [0.1, 0.15) is 18.0 Å². The van der Waals surface area contributed by atoms with E-state index in [4.69, 9.17) is 67.0 Å². The fourth-order valence-electron chi connectivity index (χ4n) is 4.70. The Labute approximate surface area is 277 Å². The highest BCUT2D eigenvalue weighted by Gasteiger charge is 2.59. The van der Waals surface area contributed by atoms with Crippen LogP contribution in [-0.4, -0.2) is 39.9 Å². The summed E-state index contributed by atoms with van der Waals surface area (Å²) in [7, 11) is 0. The topological polar surface area (TPSA) is 91.7 Å². The Morgan fingerprint density at radius 2 is 1.64 bits per heavy atom. The number of nitrogens with zero attached hydrogens (tertiary/aromatic N) is 2. The molecule has 1 fully saturated rings. The van der Waals surface area contributed by atoms with E-state index in [0.717, 1.165) is 4.57 Å². The number of amides is 1. The van der Waals surface area contributed by atoms with Gasteiger partial charge < -0.3 is 19.5 Å². The van der Waals surface area contributed by atoms with Gasteiger partial charge >= 0.3 is 5.69 Å². The number of hydrogen-bond donors (Lipinski definition) is 1. The van der Waals surface area contributed by atoms with Gasteiger partial charge in [-0.2, -0.15) is 4.98 Å². The summed E-state index contributed by atoms with van der Waals surface area (Å²) in [4.78, 5) is 29.6. The van der Waals surface area contributed by atoms with Gasteiger partial charge in [-0.05, 0) is 53.6 Å². The molecule has 1 unspecified atom stereocenters. The first kappa shape index (κ1) is 32.9. The highest BCUT2D eigenvalue weighted by molar-refractivity contribution is 6.35. The number of nitrogens with one attached hydrogen (secondary N) is 1. The zero-order valence-corrected chi connectivity index (χ0v) is 26.3. The van der Waals surface area contributed by atoms with E-state index in [1.54, 1.807) is 60.7 Å². The van der Waals surface area contributed by atoms with Crippen LogP contribution >= 0.6 is 46.4 Å². The first-order valence-electron chi connectivity index (χ1n) is 13.4. The normalized spacial score (nSPS) is 20.9. The molecule has 13 heteroatoms. The molecule has 1 N–H and O–H groups in total. The lowest BCUT2D eigenvalue weighted by Crippen LogP contribution is -2.46. The quantitative estimate of drug-likeness (QED) is 0.178. The second-order valence-corrected chi connectivity index (χ2v) is 11.7. The molecule has 2 heterocycles. The molecule has 0 spiro atoms. The van der Waals surface area contributed by atoms with E-state index in [9.17, 15) is 9.59 Å². The Morgan fingerprint density at radius 3 is 2.24 bits per heavy atom. The van der Waals surface area contributed by atoms with E-state index in [1.807, 2.05) is 0 Å². The molecule has 1 aliphatic rings. The smallest absolute Gasteiger partial charge is 0.351 e. The molecule has 5 rings (SSSR count). The van der Waals surface area contributed by atoms with Crippen molar-refractivity contribution >= 4 is 58.1 Å². The van der Waals surface area contributed by atoms with E-state index in [-0.39, 0.29) is 25.6 Å². The van der Waals surface area contributed by atoms with Crippen LogP contribution in [0.1, 0.15) is 27.7 Å². The van der Waals surface area contributed by atoms with Gasteiger partial charge in [0.2, 0.25) is 5.67 Å². The summed E-state index contributed by atoms with van der Waals surface area (Å²) in [5.74, 6) is 1.61. The number of anilines is 1. The van der Waals surface area contributed by atoms with Crippen LogP contribution in [0, 0.1) is 12.3 Å². The molecule has 232 valence electrons. The fourth-order valence-corrected chi connectivity index (χ4v) is 5.63. The predicted molar refractivity (Wildman–Crippen MR) is 171 cm³/mol. The van der Waals surface area contributed by atoms with Crippen molar-refractivity contribution in [2.45, 2.75) is 37.3 Å². The zero-order chi connectivity index (χ0) is 32.1. The Morgan fingerprint density at radius 1 is 1.00 bits per heavy atom. The second kappa shape index (κ2) is 14.3. The van der Waals surface area contributed by atoms with Crippen molar-refractivity contribution in [3.63, 3.8) is 0 Å². The van der Waals surface area contributed by atoms with Gasteiger partial charge in [0.25, 0.3) is 5.91 Å². The number of ether oxygens (including phenoxy) is 3. The average Bonchev–Trinajstić information content (AvgIpc) is 3.29. The van der Waals surface area contributed by atoms with Crippen LogP contribution in [0.3, 0.4) is 0 Å². The maximum Gasteiger partial charge on any atom is 0.351 e. The van der Waals surface area contributed by atoms with Crippen molar-refractivity contribution in [2.75, 3.05) is 11.9 Å². The van der Waals surface area contributed by atoms with Crippen LogP contribution in [0.4, 0.5) is 10.2 Å². The average molecular weight is 691 g/mol. The number of terminal acetylenes is 1. The van der Waals surface area contributed by atoms with Gasteiger partial charge in [0.05, 0.1) is 19.8 Å². The number of alkyl halides is 1. The number of benzene rings is 3. The van der Waals surface area contributed by atoms with Crippen molar-refractivity contribution in [2.24, 2.45) is 0 Å². The van der Waals surface area contributed by atoms with E-state index in [2.05, 4.69) is 16.2 Å². The van der Waals surface area contributed by atoms with E-state index in [0.29, 0.717) is 36.8 Å². The van der Waals surface area contributed by atoms with Gasteiger partial charge in [-0.25, -0.2) is 9.18 Å². The molecular formula is C32H24Cl4FN3O5. The maximum absolute atomic E-state index is 16.9. The molecule has 3 aromatic carbocycles. The lowest BCUT2D eigenvalue weighted by molar-refractivity contribution is -0.0833. The Balaban J connectivity index is 1.39. The minimum absolute atomic E-state index is 0.0434. The van der Waals surface area contributed by atoms with Crippen LogP contribution in [0.5, 0.6) is 0 Å². The van der Waals surface area contributed by atoms with Gasteiger partial charge in [0, 0.05) is 31.9 Å². The summed E-state index contributed by atoms with van der Waals surface area (Å²) in [5.41, 5.74) is -2.06. The van der Waals surface area contributed by atoms with Gasteiger partial charge in [-0.1, -0.05) is 82.7 Å². The highest BCUT2D eigenvalue weighted by Crippen LogP contribution is 2.43. The molecule has 1 aromatic heterocycles. The van der Waals surface area contributed by atoms with Crippen LogP contribution < -0.4 is 11.0 Å². The molecule has 0 radical (unpaired) electrons. The number of hydrogen-bond acceptors (Lipinski definition) is 6. The number of carbonyl (C=O) groups excluding carboxylic acids is 1. The van der Waals surface area contributed by atoms with Gasteiger partial charge in [0.15, 0.2) is 6.23 Å². The van der Waals surface area contributed by atoms with Crippen LogP contribution in [-0.2, 0) is 27.4 Å². The number of halogens is 5. The summed E-state index contributed by atoms with van der Waals surface area (Å²) < 4.78 is 35.6. The Bertz CT molecular complexity index is 1800. The summed E-state index contributed by atoms with van der Waals surface area (Å²) in [6, 6.07) is 19.4. The zero-order valence-electron chi connectivity index (χ0n) is 23.3. The molecule has 45 heavy (non-hydrogen) atoms. The van der Waals surface area contributed by atoms with Crippen molar-refractivity contribution in [3.8, 4) is 12.3 Å². The standard InChI is InChI=1S/C32H24Cl4FN3O5/c1-2-32(37)28(44-17-21-9-11-23(34)15-25(21)36)26(18-43-16-20-8-10-22(33)14-24(20)35)45-30(32)40-13-12-27(39-31(40)42)38-29(41)19-6-4-3-5-7-19/h1,3-15,26,28,30H,16-18H2,(H,38,39,41,42)/t26-,28-,30?,32+/m1/s1. The maximum atomic E-state index is 16.9. The molecule has 0 aliphatic carbocycles. The van der Waals surface area contributed by atoms with Gasteiger partial charge in [-0.3, -0.25) is 9.36 Å². The van der Waals surface area contributed by atoms with Gasteiger partial charge in [-0.15, -0.1) is 6.42 Å². The third-order valence-electron chi connectivity index (χ3n) is 6.98. The van der Waals surface area contributed by atoms with Crippen molar-refractivity contribution in [3.05, 3.63) is 126 Å². The number of aromatic nitrogens is 2. The van der Waals surface area contributed by atoms with Crippen molar-refractivity contribution in [1.82, 2.24) is 9.55 Å². The summed E-state index contributed by atoms with van der Waals surface area (Å²) in [6.45, 7) is -0.292. The lowest BCUT2D eigenvalue weighted by atomic mass is 9.96.